The van der Waals surface area contributed by atoms with Gasteiger partial charge in [0.25, 0.3) is 0 Å². The Balaban J connectivity index is 1.77. The number of fused-ring (bicyclic) bond motifs is 1. The molecule has 5 nitrogen and oxygen atoms in total. The second-order valence-electron chi connectivity index (χ2n) is 6.52. The zero-order valence-corrected chi connectivity index (χ0v) is 15.7. The third-order valence-corrected chi connectivity index (χ3v) is 4.93. The van der Waals surface area contributed by atoms with Gasteiger partial charge in [-0.1, -0.05) is 30.7 Å². The van der Waals surface area contributed by atoms with Crippen molar-refractivity contribution >= 4 is 23.4 Å². The van der Waals surface area contributed by atoms with Crippen molar-refractivity contribution in [1.82, 2.24) is 14.8 Å². The minimum atomic E-state index is -0.151. The van der Waals surface area contributed by atoms with Gasteiger partial charge in [0, 0.05) is 49.4 Å². The summed E-state index contributed by atoms with van der Waals surface area (Å²) in [5, 5.41) is 3.49. The first-order valence-corrected chi connectivity index (χ1v) is 9.44. The fourth-order valence-electron chi connectivity index (χ4n) is 3.36. The molecule has 2 amide bonds. The van der Waals surface area contributed by atoms with Crippen LogP contribution in [-0.4, -0.2) is 34.4 Å². The van der Waals surface area contributed by atoms with E-state index < -0.39 is 0 Å². The number of nitrogens with one attached hydrogen (secondary N) is 1. The van der Waals surface area contributed by atoms with Crippen molar-refractivity contribution in [3.8, 4) is 0 Å². The van der Waals surface area contributed by atoms with Crippen LogP contribution in [0.4, 0.5) is 0 Å². The third kappa shape index (κ3) is 4.10. The van der Waals surface area contributed by atoms with Crippen LogP contribution in [0.3, 0.4) is 0 Å². The summed E-state index contributed by atoms with van der Waals surface area (Å²) in [6.45, 7) is 4.05. The molecule has 26 heavy (non-hydrogen) atoms. The highest BCUT2D eigenvalue weighted by atomic mass is 35.5. The van der Waals surface area contributed by atoms with Crippen molar-refractivity contribution in [1.29, 1.82) is 0 Å². The van der Waals surface area contributed by atoms with E-state index in [1.807, 2.05) is 54.4 Å². The molecule has 138 valence electrons. The monoisotopic (exact) mass is 373 g/mol. The van der Waals surface area contributed by atoms with Crippen molar-refractivity contribution in [2.24, 2.45) is 0 Å². The van der Waals surface area contributed by atoms with E-state index in [1.54, 1.807) is 0 Å². The van der Waals surface area contributed by atoms with E-state index in [-0.39, 0.29) is 30.7 Å². The van der Waals surface area contributed by atoms with Gasteiger partial charge in [-0.3, -0.25) is 9.59 Å². The summed E-state index contributed by atoms with van der Waals surface area (Å²) in [6, 6.07) is 11.5. The number of nitrogens with zero attached hydrogens (tertiary/aromatic N) is 2. The van der Waals surface area contributed by atoms with E-state index in [4.69, 9.17) is 11.6 Å². The Morgan fingerprint density at radius 1 is 1.15 bits per heavy atom. The van der Waals surface area contributed by atoms with E-state index in [0.717, 1.165) is 24.2 Å². The predicted octanol–water partition coefficient (Wildman–Crippen LogP) is 3.38. The van der Waals surface area contributed by atoms with Gasteiger partial charge in [0.15, 0.2) is 0 Å². The van der Waals surface area contributed by atoms with Crippen molar-refractivity contribution in [3.05, 3.63) is 58.9 Å². The molecule has 0 saturated heterocycles. The van der Waals surface area contributed by atoms with E-state index in [2.05, 4.69) is 9.88 Å². The molecular formula is C20H24ClN3O2. The highest BCUT2D eigenvalue weighted by molar-refractivity contribution is 6.30. The number of carbonyl (C=O) groups excluding carboxylic acids is 2. The Labute approximate surface area is 158 Å². The minimum Gasteiger partial charge on any atom is -0.356 e. The maximum Gasteiger partial charge on any atom is 0.223 e. The summed E-state index contributed by atoms with van der Waals surface area (Å²) in [7, 11) is 0. The quantitative estimate of drug-likeness (QED) is 0.843. The van der Waals surface area contributed by atoms with Gasteiger partial charge in [-0.15, -0.1) is 0 Å². The highest BCUT2D eigenvalue weighted by Crippen LogP contribution is 2.33. The molecule has 0 fully saturated rings. The van der Waals surface area contributed by atoms with Crippen LogP contribution in [0.25, 0.3) is 0 Å². The summed E-state index contributed by atoms with van der Waals surface area (Å²) < 4.78 is 2.18. The molecule has 0 saturated carbocycles. The average Bonchev–Trinajstić information content (AvgIpc) is 3.13. The Bertz CT molecular complexity index is 770. The van der Waals surface area contributed by atoms with Crippen molar-refractivity contribution < 1.29 is 9.59 Å². The second kappa shape index (κ2) is 8.41. The number of aromatic nitrogens is 1. The minimum absolute atomic E-state index is 0.00375. The van der Waals surface area contributed by atoms with Crippen LogP contribution < -0.4 is 5.32 Å². The van der Waals surface area contributed by atoms with E-state index in [1.165, 1.54) is 0 Å². The summed E-state index contributed by atoms with van der Waals surface area (Å²) in [5.74, 6) is -0.0623. The third-order valence-electron chi connectivity index (χ3n) is 4.68. The predicted molar refractivity (Wildman–Crippen MR) is 102 cm³/mol. The highest BCUT2D eigenvalue weighted by Gasteiger charge is 2.31. The number of hydrogen-bond donors (Lipinski definition) is 1. The number of amides is 2. The first kappa shape index (κ1) is 18.5. The van der Waals surface area contributed by atoms with E-state index >= 15 is 0 Å². The molecule has 1 aromatic heterocycles. The average molecular weight is 374 g/mol. The topological polar surface area (TPSA) is 54.3 Å². The number of rotatable bonds is 6. The van der Waals surface area contributed by atoms with Crippen molar-refractivity contribution in [3.63, 3.8) is 0 Å². The molecule has 3 rings (SSSR count). The molecule has 0 radical (unpaired) electrons. The van der Waals surface area contributed by atoms with Crippen LogP contribution in [0.5, 0.6) is 0 Å². The molecule has 2 aromatic rings. The van der Waals surface area contributed by atoms with Crippen LogP contribution >= 0.6 is 11.6 Å². The second-order valence-corrected chi connectivity index (χ2v) is 6.95. The van der Waals surface area contributed by atoms with Gasteiger partial charge in [0.2, 0.25) is 11.8 Å². The molecule has 0 aliphatic carbocycles. The number of halogens is 1. The first-order chi connectivity index (χ1) is 12.6. The summed E-state index contributed by atoms with van der Waals surface area (Å²) in [4.78, 5) is 26.6. The van der Waals surface area contributed by atoms with Crippen LogP contribution in [-0.2, 0) is 16.1 Å². The molecule has 1 atom stereocenters. The molecule has 0 bridgehead atoms. The van der Waals surface area contributed by atoms with Gasteiger partial charge in [0.05, 0.1) is 6.04 Å². The van der Waals surface area contributed by atoms with Gasteiger partial charge in [-0.05, 0) is 36.2 Å². The van der Waals surface area contributed by atoms with Gasteiger partial charge in [0.1, 0.15) is 0 Å². The lowest BCUT2D eigenvalue weighted by Crippen LogP contribution is -2.42. The fourth-order valence-corrected chi connectivity index (χ4v) is 3.49. The zero-order chi connectivity index (χ0) is 18.5. The number of carbonyl (C=O) groups is 2. The molecule has 6 heteroatoms. The Kier molecular flexibility index (Phi) is 5.99. The largest absolute Gasteiger partial charge is 0.356 e. The maximum atomic E-state index is 12.9. The Morgan fingerprint density at radius 2 is 1.92 bits per heavy atom. The van der Waals surface area contributed by atoms with Crippen molar-refractivity contribution in [2.45, 2.75) is 38.8 Å². The molecule has 2 heterocycles. The van der Waals surface area contributed by atoms with Crippen LogP contribution in [0, 0.1) is 0 Å². The zero-order valence-electron chi connectivity index (χ0n) is 15.0. The Hall–Kier alpha value is -2.27. The van der Waals surface area contributed by atoms with Gasteiger partial charge < -0.3 is 14.8 Å². The molecule has 1 aromatic carbocycles. The van der Waals surface area contributed by atoms with E-state index in [0.29, 0.717) is 18.1 Å². The standard InChI is InChI=1S/C20H24ClN3O2/c1-2-11-22-18(25)9-10-19(26)24-14-13-23-12-3-4-17(23)20(24)15-5-7-16(21)8-6-15/h3-8,12,20H,2,9-11,13-14H2,1H3,(H,22,25)/t20-/m1/s1. The van der Waals surface area contributed by atoms with Crippen LogP contribution in [0.15, 0.2) is 42.6 Å². The molecule has 1 aliphatic rings. The maximum absolute atomic E-state index is 12.9. The molecule has 1 N–H and O–H groups in total. The van der Waals surface area contributed by atoms with Gasteiger partial charge >= 0.3 is 0 Å². The van der Waals surface area contributed by atoms with Crippen LogP contribution in [0.1, 0.15) is 43.5 Å². The lowest BCUT2D eigenvalue weighted by atomic mass is 9.99. The molecule has 1 aliphatic heterocycles. The fraction of sp³-hybridized carbons (Fsp3) is 0.400. The molecule has 0 unspecified atom stereocenters. The Morgan fingerprint density at radius 3 is 2.65 bits per heavy atom. The van der Waals surface area contributed by atoms with Crippen molar-refractivity contribution in [2.75, 3.05) is 13.1 Å². The van der Waals surface area contributed by atoms with Gasteiger partial charge in [-0.2, -0.15) is 0 Å². The summed E-state index contributed by atoms with van der Waals surface area (Å²) in [6.07, 6.45) is 3.38. The van der Waals surface area contributed by atoms with Gasteiger partial charge in [-0.25, -0.2) is 0 Å². The number of benzene rings is 1. The van der Waals surface area contributed by atoms with E-state index in [9.17, 15) is 9.59 Å². The number of hydrogen-bond acceptors (Lipinski definition) is 2. The first-order valence-electron chi connectivity index (χ1n) is 9.07. The lowest BCUT2D eigenvalue weighted by Gasteiger charge is -2.37. The smallest absolute Gasteiger partial charge is 0.223 e. The normalized spacial score (nSPS) is 16.2. The SMILES string of the molecule is CCCNC(=O)CCC(=O)N1CCn2cccc2[C@H]1c1ccc(Cl)cc1. The summed E-state index contributed by atoms with van der Waals surface area (Å²) in [5.41, 5.74) is 2.11. The summed E-state index contributed by atoms with van der Waals surface area (Å²) >= 11 is 6.02. The van der Waals surface area contributed by atoms with Crippen LogP contribution in [0.2, 0.25) is 5.02 Å². The molecular weight excluding hydrogens is 350 g/mol. The lowest BCUT2D eigenvalue weighted by molar-refractivity contribution is -0.136. The molecule has 0 spiro atoms.